The smallest absolute Gasteiger partial charge is 0.146 e. The first-order valence-corrected chi connectivity index (χ1v) is 17.7. The van der Waals surface area contributed by atoms with Crippen molar-refractivity contribution < 1.29 is 0 Å². The Kier molecular flexibility index (Phi) is 5.83. The fourth-order valence-electron chi connectivity index (χ4n) is 9.26. The molecule has 1 aromatic heterocycles. The first-order chi connectivity index (χ1) is 25.2. The van der Waals surface area contributed by atoms with Crippen LogP contribution in [0.2, 0.25) is 0 Å². The first-order valence-electron chi connectivity index (χ1n) is 17.7. The number of rotatable bonds is 3. The van der Waals surface area contributed by atoms with Gasteiger partial charge < -0.3 is 0 Å². The minimum atomic E-state index is -0.355. The molecule has 0 unspecified atom stereocenters. The molecule has 2 aliphatic carbocycles. The van der Waals surface area contributed by atoms with Gasteiger partial charge in [-0.3, -0.25) is 4.57 Å². The van der Waals surface area contributed by atoms with E-state index in [0.29, 0.717) is 0 Å². The molecule has 0 saturated heterocycles. The maximum absolute atomic E-state index is 5.22. The lowest BCUT2D eigenvalue weighted by Gasteiger charge is -2.30. The summed E-state index contributed by atoms with van der Waals surface area (Å²) in [6, 6.07) is 64.6. The van der Waals surface area contributed by atoms with E-state index in [-0.39, 0.29) is 5.41 Å². The normalized spacial score (nSPS) is 13.4. The van der Waals surface area contributed by atoms with Gasteiger partial charge in [-0.05, 0) is 109 Å². The van der Waals surface area contributed by atoms with Crippen LogP contribution in [-0.4, -0.2) is 9.55 Å². The molecule has 0 fully saturated rings. The number of nitrogens with zero attached hydrogens (tertiary/aromatic N) is 2. The van der Waals surface area contributed by atoms with Crippen LogP contribution in [0.15, 0.2) is 176 Å². The summed E-state index contributed by atoms with van der Waals surface area (Å²) in [5.41, 5.74) is 18.4. The second kappa shape index (κ2) is 10.5. The van der Waals surface area contributed by atoms with Gasteiger partial charge in [-0.1, -0.05) is 146 Å². The van der Waals surface area contributed by atoms with Gasteiger partial charge in [0.05, 0.1) is 16.4 Å². The maximum atomic E-state index is 5.22. The minimum absolute atomic E-state index is 0.355. The summed E-state index contributed by atoms with van der Waals surface area (Å²) in [7, 11) is 0. The van der Waals surface area contributed by atoms with Crippen LogP contribution in [0.5, 0.6) is 0 Å². The molecule has 1 spiro atoms. The summed E-state index contributed by atoms with van der Waals surface area (Å²) in [5, 5.41) is 2.41. The topological polar surface area (TPSA) is 17.8 Å². The zero-order chi connectivity index (χ0) is 33.7. The van der Waals surface area contributed by atoms with Crippen molar-refractivity contribution in [3.63, 3.8) is 0 Å². The quantitative estimate of drug-likeness (QED) is 0.186. The van der Waals surface area contributed by atoms with E-state index in [4.69, 9.17) is 4.98 Å². The van der Waals surface area contributed by atoms with Crippen molar-refractivity contribution in [2.75, 3.05) is 0 Å². The molecule has 11 rings (SSSR count). The number of hydrogen-bond donors (Lipinski definition) is 0. The van der Waals surface area contributed by atoms with Crippen LogP contribution in [-0.2, 0) is 5.41 Å². The van der Waals surface area contributed by atoms with E-state index >= 15 is 0 Å². The van der Waals surface area contributed by atoms with Crippen LogP contribution >= 0.6 is 0 Å². The third kappa shape index (κ3) is 3.79. The number of aromatic nitrogens is 2. The molecule has 8 aromatic carbocycles. The van der Waals surface area contributed by atoms with Gasteiger partial charge in [-0.15, -0.1) is 0 Å². The molecule has 0 amide bonds. The molecule has 0 bridgehead atoms. The monoisotopic (exact) mass is 648 g/mol. The highest BCUT2D eigenvalue weighted by molar-refractivity contribution is 5.98. The van der Waals surface area contributed by atoms with Crippen molar-refractivity contribution in [1.82, 2.24) is 9.55 Å². The van der Waals surface area contributed by atoms with Crippen LogP contribution in [0, 0.1) is 6.92 Å². The van der Waals surface area contributed by atoms with Crippen LogP contribution in [0.4, 0.5) is 0 Å². The fourth-order valence-corrected chi connectivity index (χ4v) is 9.26. The SMILES string of the molecule is Cc1cc(-n2c(-c3cccc4ccccc34)nc3ccccc32)ccc1-c1ccc2c(c1)C1(c3ccccc3-c3ccccc31)c1ccccc1-2. The zero-order valence-electron chi connectivity index (χ0n) is 28.1. The van der Waals surface area contributed by atoms with Gasteiger partial charge in [0.1, 0.15) is 5.82 Å². The van der Waals surface area contributed by atoms with Gasteiger partial charge in [0.2, 0.25) is 0 Å². The van der Waals surface area contributed by atoms with E-state index in [1.807, 2.05) is 0 Å². The van der Waals surface area contributed by atoms with Crippen molar-refractivity contribution in [3.8, 4) is 50.5 Å². The van der Waals surface area contributed by atoms with E-state index in [2.05, 4.69) is 187 Å². The molecule has 0 radical (unpaired) electrons. The molecule has 0 aliphatic heterocycles. The van der Waals surface area contributed by atoms with Gasteiger partial charge in [-0.25, -0.2) is 4.98 Å². The molecular formula is C49H32N2. The highest BCUT2D eigenvalue weighted by Crippen LogP contribution is 2.63. The average Bonchev–Trinajstić information content (AvgIpc) is 3.82. The van der Waals surface area contributed by atoms with Gasteiger partial charge in [0.25, 0.3) is 0 Å². The molecule has 2 aliphatic rings. The molecule has 1 heterocycles. The van der Waals surface area contributed by atoms with Crippen LogP contribution in [0.1, 0.15) is 27.8 Å². The summed E-state index contributed by atoms with van der Waals surface area (Å²) in [5.74, 6) is 0.955. The Balaban J connectivity index is 1.10. The predicted molar refractivity (Wildman–Crippen MR) is 210 cm³/mol. The summed E-state index contributed by atoms with van der Waals surface area (Å²) < 4.78 is 2.33. The molecule has 0 N–H and O–H groups in total. The van der Waals surface area contributed by atoms with Crippen molar-refractivity contribution in [3.05, 3.63) is 204 Å². The molecule has 2 heteroatoms. The summed E-state index contributed by atoms with van der Waals surface area (Å²) >= 11 is 0. The Morgan fingerprint density at radius 3 is 1.75 bits per heavy atom. The van der Waals surface area contributed by atoms with Gasteiger partial charge in [0.15, 0.2) is 0 Å². The maximum Gasteiger partial charge on any atom is 0.146 e. The van der Waals surface area contributed by atoms with E-state index < -0.39 is 0 Å². The van der Waals surface area contributed by atoms with Crippen LogP contribution in [0.3, 0.4) is 0 Å². The Morgan fingerprint density at radius 2 is 1.02 bits per heavy atom. The summed E-state index contributed by atoms with van der Waals surface area (Å²) in [6.07, 6.45) is 0. The Morgan fingerprint density at radius 1 is 0.451 bits per heavy atom. The largest absolute Gasteiger partial charge is 0.292 e. The molecule has 51 heavy (non-hydrogen) atoms. The fraction of sp³-hybridized carbons (Fsp3) is 0.0408. The van der Waals surface area contributed by atoms with Gasteiger partial charge in [-0.2, -0.15) is 0 Å². The van der Waals surface area contributed by atoms with Crippen molar-refractivity contribution in [1.29, 1.82) is 0 Å². The molecule has 0 atom stereocenters. The molecule has 0 saturated carbocycles. The second-order valence-electron chi connectivity index (χ2n) is 13.9. The average molecular weight is 649 g/mol. The van der Waals surface area contributed by atoms with Gasteiger partial charge in [0, 0.05) is 11.3 Å². The lowest BCUT2D eigenvalue weighted by molar-refractivity contribution is 0.794. The number of aryl methyl sites for hydroxylation is 1. The van der Waals surface area contributed by atoms with Crippen LogP contribution < -0.4 is 0 Å². The number of imidazole rings is 1. The third-order valence-corrected chi connectivity index (χ3v) is 11.4. The van der Waals surface area contributed by atoms with E-state index in [1.165, 1.54) is 72.0 Å². The number of benzene rings is 8. The molecular weight excluding hydrogens is 617 g/mol. The standard InChI is InChI=1S/C49H32N2/c1-31-29-34(51-47-24-11-10-23-46(47)50-48(51)41-19-12-14-32-13-2-3-15-36(32)41)26-28-35(31)33-25-27-40-39-18-6-9-22-44(39)49(45(40)30-33)42-20-7-4-16-37(42)38-17-5-8-21-43(38)49/h2-30H,1H3. The van der Waals surface area contributed by atoms with E-state index in [0.717, 1.165) is 28.1 Å². The van der Waals surface area contributed by atoms with Crippen molar-refractivity contribution in [2.45, 2.75) is 12.3 Å². The first kappa shape index (κ1) is 28.3. The number of hydrogen-bond acceptors (Lipinski definition) is 1. The van der Waals surface area contributed by atoms with Crippen LogP contribution in [0.25, 0.3) is 72.3 Å². The van der Waals surface area contributed by atoms with Gasteiger partial charge >= 0.3 is 0 Å². The predicted octanol–water partition coefficient (Wildman–Crippen LogP) is 12.2. The van der Waals surface area contributed by atoms with Crippen molar-refractivity contribution in [2.24, 2.45) is 0 Å². The third-order valence-electron chi connectivity index (χ3n) is 11.4. The lowest BCUT2D eigenvalue weighted by atomic mass is 9.70. The Hall–Kier alpha value is -6.51. The number of para-hydroxylation sites is 2. The second-order valence-corrected chi connectivity index (χ2v) is 13.9. The summed E-state index contributed by atoms with van der Waals surface area (Å²) in [4.78, 5) is 5.22. The Labute approximate surface area is 296 Å². The molecule has 238 valence electrons. The highest BCUT2D eigenvalue weighted by Gasteiger charge is 2.51. The number of fused-ring (bicyclic) bond motifs is 12. The van der Waals surface area contributed by atoms with E-state index in [1.54, 1.807) is 0 Å². The molecule has 2 nitrogen and oxygen atoms in total. The highest BCUT2D eigenvalue weighted by atomic mass is 15.1. The lowest BCUT2D eigenvalue weighted by Crippen LogP contribution is -2.25. The van der Waals surface area contributed by atoms with Crippen molar-refractivity contribution >= 4 is 21.8 Å². The van der Waals surface area contributed by atoms with E-state index in [9.17, 15) is 0 Å². The summed E-state index contributed by atoms with van der Waals surface area (Å²) in [6.45, 7) is 2.24. The zero-order valence-corrected chi connectivity index (χ0v) is 28.1. The molecule has 9 aromatic rings. The minimum Gasteiger partial charge on any atom is -0.292 e. The Bertz CT molecular complexity index is 2820.